The fourth-order valence-corrected chi connectivity index (χ4v) is 2.16. The molecule has 0 bridgehead atoms. The topological polar surface area (TPSA) is 38.5 Å². The van der Waals surface area contributed by atoms with Crippen LogP contribution < -0.4 is 5.73 Å². The molecule has 17 heavy (non-hydrogen) atoms. The Morgan fingerprint density at radius 3 is 2.41 bits per heavy atom. The quantitative estimate of drug-likeness (QED) is 0.536. The van der Waals surface area contributed by atoms with Gasteiger partial charge in [0, 0.05) is 13.2 Å². The molecule has 3 nitrogen and oxygen atoms in total. The van der Waals surface area contributed by atoms with Gasteiger partial charge in [0.1, 0.15) is 0 Å². The molecule has 0 aliphatic heterocycles. The zero-order valence-corrected chi connectivity index (χ0v) is 12.1. The van der Waals surface area contributed by atoms with E-state index in [1.807, 2.05) is 0 Å². The van der Waals surface area contributed by atoms with Crippen LogP contribution in [0.4, 0.5) is 0 Å². The van der Waals surface area contributed by atoms with Crippen molar-refractivity contribution in [3.05, 3.63) is 0 Å². The number of hydrogen-bond donors (Lipinski definition) is 1. The van der Waals surface area contributed by atoms with E-state index >= 15 is 0 Å². The highest BCUT2D eigenvalue weighted by Gasteiger charge is 2.07. The molecule has 3 heteroatoms. The molecule has 0 aliphatic carbocycles. The van der Waals surface area contributed by atoms with Crippen LogP contribution in [0.3, 0.4) is 0 Å². The third-order valence-electron chi connectivity index (χ3n) is 3.44. The molecule has 1 atom stereocenters. The molecule has 2 N–H and O–H groups in total. The van der Waals surface area contributed by atoms with Gasteiger partial charge in [0.05, 0.1) is 6.61 Å². The van der Waals surface area contributed by atoms with Crippen LogP contribution in [0.1, 0.15) is 46.5 Å². The van der Waals surface area contributed by atoms with Crippen molar-refractivity contribution in [3.63, 3.8) is 0 Å². The first kappa shape index (κ1) is 16.9. The summed E-state index contributed by atoms with van der Waals surface area (Å²) in [6, 6.07) is 0. The van der Waals surface area contributed by atoms with Crippen LogP contribution in [0.2, 0.25) is 0 Å². The van der Waals surface area contributed by atoms with Crippen molar-refractivity contribution < 1.29 is 4.74 Å². The minimum Gasteiger partial charge on any atom is -0.380 e. The molecule has 0 aliphatic rings. The van der Waals surface area contributed by atoms with E-state index in [1.165, 1.54) is 32.2 Å². The number of ether oxygens (including phenoxy) is 1. The van der Waals surface area contributed by atoms with Gasteiger partial charge in [-0.05, 0) is 51.7 Å². The van der Waals surface area contributed by atoms with E-state index in [-0.39, 0.29) is 0 Å². The van der Waals surface area contributed by atoms with Gasteiger partial charge in [0.2, 0.25) is 0 Å². The third-order valence-corrected chi connectivity index (χ3v) is 3.44. The Labute approximate surface area is 108 Å². The molecule has 104 valence electrons. The van der Waals surface area contributed by atoms with E-state index < -0.39 is 0 Å². The zero-order valence-electron chi connectivity index (χ0n) is 12.1. The summed E-state index contributed by atoms with van der Waals surface area (Å²) in [6.07, 6.45) is 5.06. The Hall–Kier alpha value is -0.120. The molecule has 0 fully saturated rings. The van der Waals surface area contributed by atoms with Crippen molar-refractivity contribution in [2.24, 2.45) is 11.7 Å². The van der Waals surface area contributed by atoms with Crippen LogP contribution in [0, 0.1) is 5.92 Å². The Morgan fingerprint density at radius 1 is 1.12 bits per heavy atom. The lowest BCUT2D eigenvalue weighted by Crippen LogP contribution is -2.29. The monoisotopic (exact) mass is 244 g/mol. The number of nitrogens with two attached hydrogens (primary N) is 1. The van der Waals surface area contributed by atoms with E-state index in [0.717, 1.165) is 38.8 Å². The van der Waals surface area contributed by atoms with Crippen molar-refractivity contribution in [2.45, 2.75) is 46.5 Å². The molecule has 0 aromatic rings. The SMILES string of the molecule is CCOCCN(CC)CCCC(CC)CCN. The Bertz CT molecular complexity index is 153. The van der Waals surface area contributed by atoms with Gasteiger partial charge in [-0.2, -0.15) is 0 Å². The van der Waals surface area contributed by atoms with Crippen LogP contribution in [-0.4, -0.2) is 44.3 Å². The standard InChI is InChI=1S/C14H32N2O/c1-4-14(9-10-15)8-7-11-16(5-2)12-13-17-6-3/h14H,4-13,15H2,1-3H3. The molecule has 0 rings (SSSR count). The molecule has 0 radical (unpaired) electrons. The van der Waals surface area contributed by atoms with E-state index in [9.17, 15) is 0 Å². The maximum absolute atomic E-state index is 5.62. The van der Waals surface area contributed by atoms with Crippen molar-refractivity contribution in [3.8, 4) is 0 Å². The number of rotatable bonds is 12. The van der Waals surface area contributed by atoms with Gasteiger partial charge in [0.25, 0.3) is 0 Å². The second kappa shape index (κ2) is 12.3. The van der Waals surface area contributed by atoms with Crippen LogP contribution in [0.5, 0.6) is 0 Å². The van der Waals surface area contributed by atoms with Crippen molar-refractivity contribution in [1.29, 1.82) is 0 Å². The molecule has 0 aromatic carbocycles. The first-order valence-electron chi connectivity index (χ1n) is 7.28. The zero-order chi connectivity index (χ0) is 12.9. The largest absolute Gasteiger partial charge is 0.380 e. The lowest BCUT2D eigenvalue weighted by molar-refractivity contribution is 0.114. The van der Waals surface area contributed by atoms with Crippen LogP contribution in [0.15, 0.2) is 0 Å². The highest BCUT2D eigenvalue weighted by atomic mass is 16.5. The lowest BCUT2D eigenvalue weighted by atomic mass is 9.96. The minimum atomic E-state index is 0.825. The van der Waals surface area contributed by atoms with Crippen molar-refractivity contribution in [2.75, 3.05) is 39.4 Å². The number of hydrogen-bond acceptors (Lipinski definition) is 3. The number of likely N-dealkylation sites (N-methyl/N-ethyl adjacent to an activating group) is 1. The summed E-state index contributed by atoms with van der Waals surface area (Å²) in [6.45, 7) is 12.5. The van der Waals surface area contributed by atoms with Gasteiger partial charge < -0.3 is 15.4 Å². The first-order chi connectivity index (χ1) is 8.28. The fourth-order valence-electron chi connectivity index (χ4n) is 2.16. The lowest BCUT2D eigenvalue weighted by Gasteiger charge is -2.21. The van der Waals surface area contributed by atoms with E-state index in [4.69, 9.17) is 10.5 Å². The molecule has 1 unspecified atom stereocenters. The van der Waals surface area contributed by atoms with Crippen LogP contribution in [0.25, 0.3) is 0 Å². The predicted octanol–water partition coefficient (Wildman–Crippen LogP) is 2.50. The molecule has 0 heterocycles. The average molecular weight is 244 g/mol. The maximum atomic E-state index is 5.62. The molecule has 0 aromatic heterocycles. The minimum absolute atomic E-state index is 0.825. The molecular formula is C14H32N2O. The highest BCUT2D eigenvalue weighted by molar-refractivity contribution is 4.61. The van der Waals surface area contributed by atoms with E-state index in [2.05, 4.69) is 25.7 Å². The molecule has 0 saturated heterocycles. The molecule has 0 saturated carbocycles. The summed E-state index contributed by atoms with van der Waals surface area (Å²) in [5.74, 6) is 0.825. The maximum Gasteiger partial charge on any atom is 0.0593 e. The Kier molecular flexibility index (Phi) is 12.3. The summed E-state index contributed by atoms with van der Waals surface area (Å²) >= 11 is 0. The van der Waals surface area contributed by atoms with E-state index in [1.54, 1.807) is 0 Å². The van der Waals surface area contributed by atoms with E-state index in [0.29, 0.717) is 0 Å². The highest BCUT2D eigenvalue weighted by Crippen LogP contribution is 2.14. The Balaban J connectivity index is 3.59. The van der Waals surface area contributed by atoms with Gasteiger partial charge in [0.15, 0.2) is 0 Å². The summed E-state index contributed by atoms with van der Waals surface area (Å²) in [5.41, 5.74) is 5.62. The second-order valence-corrected chi connectivity index (χ2v) is 4.63. The molecular weight excluding hydrogens is 212 g/mol. The van der Waals surface area contributed by atoms with Gasteiger partial charge in [-0.15, -0.1) is 0 Å². The normalized spacial score (nSPS) is 13.2. The van der Waals surface area contributed by atoms with Gasteiger partial charge >= 0.3 is 0 Å². The summed E-state index contributed by atoms with van der Waals surface area (Å²) in [7, 11) is 0. The average Bonchev–Trinajstić information content (AvgIpc) is 2.35. The number of nitrogens with zero attached hydrogens (tertiary/aromatic N) is 1. The van der Waals surface area contributed by atoms with Crippen molar-refractivity contribution in [1.82, 2.24) is 4.90 Å². The first-order valence-corrected chi connectivity index (χ1v) is 7.28. The van der Waals surface area contributed by atoms with Crippen LogP contribution in [-0.2, 0) is 4.74 Å². The summed E-state index contributed by atoms with van der Waals surface area (Å²) in [5, 5.41) is 0. The molecule has 0 amide bonds. The molecule has 0 spiro atoms. The van der Waals surface area contributed by atoms with Crippen LogP contribution >= 0.6 is 0 Å². The smallest absolute Gasteiger partial charge is 0.0593 e. The van der Waals surface area contributed by atoms with Crippen molar-refractivity contribution >= 4 is 0 Å². The summed E-state index contributed by atoms with van der Waals surface area (Å²) < 4.78 is 5.39. The Morgan fingerprint density at radius 2 is 1.88 bits per heavy atom. The summed E-state index contributed by atoms with van der Waals surface area (Å²) in [4.78, 5) is 2.48. The van der Waals surface area contributed by atoms with Gasteiger partial charge in [-0.1, -0.05) is 20.3 Å². The predicted molar refractivity (Wildman–Crippen MR) is 75.3 cm³/mol. The van der Waals surface area contributed by atoms with Gasteiger partial charge in [-0.25, -0.2) is 0 Å². The second-order valence-electron chi connectivity index (χ2n) is 4.63. The third kappa shape index (κ3) is 9.57. The van der Waals surface area contributed by atoms with Gasteiger partial charge in [-0.3, -0.25) is 0 Å². The fraction of sp³-hybridized carbons (Fsp3) is 1.00.